The predicted octanol–water partition coefficient (Wildman–Crippen LogP) is -5.44. The third-order valence-electron chi connectivity index (χ3n) is 8.04. The molecule has 2 saturated heterocycles. The molecule has 2 amide bonds. The number of primary amides is 2. The Hall–Kier alpha value is -5.00. The van der Waals surface area contributed by atoms with E-state index in [0.29, 0.717) is 11.4 Å². The van der Waals surface area contributed by atoms with E-state index in [9.17, 15) is 46.2 Å². The summed E-state index contributed by atoms with van der Waals surface area (Å²) < 4.78 is 48.3. The lowest BCUT2D eigenvalue weighted by molar-refractivity contribution is -0.434. The molecule has 2 heterocycles. The number of hydrogen-bond acceptors (Lipinski definition) is 16. The molecular weight excluding hydrogens is 753 g/mol. The minimum Gasteiger partial charge on any atom is -0.547 e. The predicted molar refractivity (Wildman–Crippen MR) is 190 cm³/mol. The Morgan fingerprint density at radius 2 is 0.944 bits per heavy atom. The number of amides is 2. The van der Waals surface area contributed by atoms with E-state index in [1.165, 1.54) is 12.1 Å². The zero-order chi connectivity index (χ0) is 41.0. The van der Waals surface area contributed by atoms with Crippen LogP contribution in [0.1, 0.15) is 59.2 Å². The van der Waals surface area contributed by atoms with E-state index in [-0.39, 0.29) is 32.8 Å². The molecule has 0 bridgehead atoms. The average molecular weight is 799 g/mol. The molecule has 2 aromatic rings. The zero-order valence-corrected chi connectivity index (χ0v) is 31.3. The number of carboxylic acids is 2. The Kier molecular flexibility index (Phi) is 16.6. The van der Waals surface area contributed by atoms with Crippen LogP contribution in [-0.4, -0.2) is 114 Å². The zero-order valence-electron chi connectivity index (χ0n) is 29.7. The summed E-state index contributed by atoms with van der Waals surface area (Å²) in [5.74, 6) is -5.77. The van der Waals surface area contributed by atoms with Crippen LogP contribution in [0.5, 0.6) is 0 Å². The van der Waals surface area contributed by atoms with Gasteiger partial charge in [-0.15, -0.1) is 0 Å². The number of piperidine rings is 2. The van der Waals surface area contributed by atoms with Crippen molar-refractivity contribution in [1.29, 1.82) is 10.8 Å². The fraction of sp³-hybridized carbons (Fsp3) is 0.438. The molecule has 298 valence electrons. The number of rotatable bonds is 9. The van der Waals surface area contributed by atoms with Crippen molar-refractivity contribution in [1.82, 2.24) is 0 Å². The molecule has 0 spiro atoms. The molecule has 0 aliphatic carbocycles. The second-order valence-corrected chi connectivity index (χ2v) is 16.4. The molecule has 0 saturated carbocycles. The van der Waals surface area contributed by atoms with Gasteiger partial charge in [0, 0.05) is 38.7 Å². The number of guanidine groups is 2. The average Bonchev–Trinajstić information content (AvgIpc) is 3.10. The van der Waals surface area contributed by atoms with E-state index in [4.69, 9.17) is 32.5 Å². The quantitative estimate of drug-likeness (QED) is 0.0867. The third kappa shape index (κ3) is 13.8. The lowest BCUT2D eigenvalue weighted by Crippen LogP contribution is -2.93. The summed E-state index contributed by atoms with van der Waals surface area (Å²) in [6.07, 6.45) is 3.81. The number of aliphatic hydroxyl groups is 2. The molecule has 0 aromatic heterocycles. The highest BCUT2D eigenvalue weighted by Crippen LogP contribution is 2.30. The molecule has 2 atom stereocenters. The van der Waals surface area contributed by atoms with Crippen LogP contribution in [0.15, 0.2) is 46.2 Å². The van der Waals surface area contributed by atoms with Crippen molar-refractivity contribution < 1.29 is 67.1 Å². The minimum atomic E-state index is -3.46. The molecule has 0 radical (unpaired) electrons. The first-order chi connectivity index (χ1) is 25.0. The molecule has 2 aliphatic rings. The van der Waals surface area contributed by atoms with Crippen LogP contribution in [0.2, 0.25) is 0 Å². The van der Waals surface area contributed by atoms with Crippen molar-refractivity contribution in [3.63, 3.8) is 0 Å². The van der Waals surface area contributed by atoms with Crippen LogP contribution in [-0.2, 0) is 29.3 Å². The molecule has 4 rings (SSSR count). The van der Waals surface area contributed by atoms with Gasteiger partial charge in [-0.2, -0.15) is 0 Å². The van der Waals surface area contributed by atoms with Crippen LogP contribution in [0.3, 0.4) is 0 Å². The summed E-state index contributed by atoms with van der Waals surface area (Å²) in [7, 11) is -6.92. The third-order valence-corrected chi connectivity index (χ3v) is 10.3. The number of nitrogens with one attached hydrogen (secondary N) is 2. The smallest absolute Gasteiger partial charge is 0.350 e. The molecular formula is C32H46N8O12S2. The van der Waals surface area contributed by atoms with Crippen molar-refractivity contribution in [3.8, 4) is 0 Å². The number of carboxylic acid groups (broad SMARTS) is 2. The Morgan fingerprint density at radius 3 is 1.19 bits per heavy atom. The maximum Gasteiger partial charge on any atom is 0.350 e. The summed E-state index contributed by atoms with van der Waals surface area (Å²) in [6.45, 7) is 3.26. The standard InChI is InChI=1S/2C14H20N4O3S.C4H6O6/c2*1-22(20,21)12-9-10(13(19)17-14(15)16)5-6-11(12)18-7-3-2-4-8-18;5-1(3(7)8)2(6)4(9)10/h2*5-6,9H,2-4,7-8H2,1H3,(H4,15,16,17,19);1-2,5-6H,(H,7,8)(H,9,10). The number of carbonyl (C=O) groups is 4. The molecule has 2 fully saturated rings. The Bertz CT molecular complexity index is 1810. The van der Waals surface area contributed by atoms with Gasteiger partial charge in [-0.3, -0.25) is 0 Å². The highest BCUT2D eigenvalue weighted by Gasteiger charge is 2.25. The van der Waals surface area contributed by atoms with Crippen molar-refractivity contribution >= 4 is 66.7 Å². The Labute approximate surface area is 312 Å². The molecule has 2 aliphatic heterocycles. The van der Waals surface area contributed by atoms with Gasteiger partial charge < -0.3 is 51.3 Å². The number of hydrogen-bond donors (Lipinski definition) is 8. The van der Waals surface area contributed by atoms with Gasteiger partial charge in [0.05, 0.1) is 44.2 Å². The molecule has 2 aromatic carbocycles. The second kappa shape index (κ2) is 19.9. The van der Waals surface area contributed by atoms with Crippen LogP contribution in [0.4, 0.5) is 11.4 Å². The van der Waals surface area contributed by atoms with Gasteiger partial charge in [0.25, 0.3) is 11.9 Å². The maximum absolute atomic E-state index is 12.1. The summed E-state index contributed by atoms with van der Waals surface area (Å²) in [5.41, 5.74) is 12.1. The highest BCUT2D eigenvalue weighted by atomic mass is 32.2. The van der Waals surface area contributed by atoms with Gasteiger partial charge in [0.1, 0.15) is 12.2 Å². The van der Waals surface area contributed by atoms with Crippen LogP contribution in [0, 0.1) is 10.8 Å². The number of nitrogens with zero attached hydrogens (tertiary/aromatic N) is 2. The number of aliphatic hydroxyl groups excluding tert-OH is 2. The topological polar surface area (TPSA) is 363 Å². The van der Waals surface area contributed by atoms with Crippen molar-refractivity contribution in [2.45, 2.75) is 60.5 Å². The van der Waals surface area contributed by atoms with E-state index in [0.717, 1.165) is 87.8 Å². The fourth-order valence-electron chi connectivity index (χ4n) is 5.43. The number of anilines is 2. The first kappa shape index (κ1) is 45.2. The Morgan fingerprint density at radius 1 is 0.648 bits per heavy atom. The van der Waals surface area contributed by atoms with Gasteiger partial charge >= 0.3 is 11.8 Å². The normalized spacial score (nSPS) is 15.6. The van der Waals surface area contributed by atoms with Gasteiger partial charge in [-0.25, -0.2) is 47.9 Å². The number of nitrogens with two attached hydrogens (primary N) is 4. The number of quaternary nitrogens is 2. The number of sulfone groups is 2. The van der Waals surface area contributed by atoms with Gasteiger partial charge in [0.15, 0.2) is 19.7 Å². The minimum absolute atomic E-state index is 0.150. The molecule has 12 N–H and O–H groups in total. The molecule has 22 heteroatoms. The number of benzene rings is 2. The largest absolute Gasteiger partial charge is 0.547 e. The van der Waals surface area contributed by atoms with Crippen molar-refractivity contribution in [2.75, 3.05) is 48.5 Å². The van der Waals surface area contributed by atoms with Crippen LogP contribution >= 0.6 is 0 Å². The lowest BCUT2D eigenvalue weighted by Gasteiger charge is -2.30. The van der Waals surface area contributed by atoms with E-state index in [1.54, 1.807) is 24.3 Å². The number of carbonyl (C=O) groups excluding carboxylic acids is 4. The van der Waals surface area contributed by atoms with Crippen LogP contribution in [0.25, 0.3) is 0 Å². The second-order valence-electron chi connectivity index (χ2n) is 12.5. The monoisotopic (exact) mass is 798 g/mol. The van der Waals surface area contributed by atoms with E-state index < -0.39 is 55.6 Å². The first-order valence-electron chi connectivity index (χ1n) is 16.5. The first-order valence-corrected chi connectivity index (χ1v) is 20.2. The summed E-state index contributed by atoms with van der Waals surface area (Å²) >= 11 is 0. The fourth-order valence-corrected chi connectivity index (χ4v) is 7.26. The summed E-state index contributed by atoms with van der Waals surface area (Å²) in [4.78, 5) is 47.5. The van der Waals surface area contributed by atoms with Crippen molar-refractivity contribution in [2.24, 2.45) is 11.5 Å². The SMILES string of the molecule is CS(=O)(=O)c1cc(C(=O)[NH2+]C(=N)N)ccc1N1CCCCC1.CS(=O)(=O)c1cc(C(=O)[NH2+]C(=N)N)ccc1N1CCCCC1.O=C([O-])C(O)C(O)C(=O)[O-]. The van der Waals surface area contributed by atoms with Gasteiger partial charge in [0.2, 0.25) is 0 Å². The van der Waals surface area contributed by atoms with Crippen molar-refractivity contribution in [3.05, 3.63) is 47.5 Å². The molecule has 2 unspecified atom stereocenters. The Balaban J connectivity index is 0.000000301. The molecule has 54 heavy (non-hydrogen) atoms. The van der Waals surface area contributed by atoms with Gasteiger partial charge in [-0.1, -0.05) is 0 Å². The summed E-state index contributed by atoms with van der Waals surface area (Å²) in [5, 5.41) is 51.9. The van der Waals surface area contributed by atoms with Crippen LogP contribution < -0.4 is 42.1 Å². The number of aliphatic carboxylic acids is 2. The van der Waals surface area contributed by atoms with E-state index in [1.807, 2.05) is 9.80 Å². The van der Waals surface area contributed by atoms with E-state index in [2.05, 4.69) is 0 Å². The van der Waals surface area contributed by atoms with Gasteiger partial charge in [-0.05, 0) is 74.9 Å². The maximum atomic E-state index is 12.1. The lowest BCUT2D eigenvalue weighted by atomic mass is 10.1. The van der Waals surface area contributed by atoms with E-state index >= 15 is 0 Å². The highest BCUT2D eigenvalue weighted by molar-refractivity contribution is 7.91. The summed E-state index contributed by atoms with van der Waals surface area (Å²) in [6, 6.07) is 9.26. The molecule has 20 nitrogen and oxygen atoms in total.